The van der Waals surface area contributed by atoms with E-state index in [1.807, 2.05) is 19.5 Å². The van der Waals surface area contributed by atoms with Gasteiger partial charge in [0, 0.05) is 12.6 Å². The molecule has 0 N–H and O–H groups in total. The highest BCUT2D eigenvalue weighted by Gasteiger charge is 2.30. The summed E-state index contributed by atoms with van der Waals surface area (Å²) in [5, 5.41) is 0. The van der Waals surface area contributed by atoms with Gasteiger partial charge in [-0.25, -0.2) is 13.4 Å². The predicted octanol–water partition coefficient (Wildman–Crippen LogP) is 2.74. The summed E-state index contributed by atoms with van der Waals surface area (Å²) in [6, 6.07) is 8.63. The van der Waals surface area contributed by atoms with Crippen molar-refractivity contribution >= 4 is 21.2 Å². The molecule has 0 bridgehead atoms. The number of hydrogen-bond acceptors (Lipinski definition) is 5. The Balaban J connectivity index is 1.68. The normalized spacial score (nSPS) is 20.6. The van der Waals surface area contributed by atoms with Crippen LogP contribution >= 0.6 is 11.3 Å². The minimum Gasteiger partial charge on any atom is -0.298 e. The molecule has 0 spiro atoms. The molecule has 4 nitrogen and oxygen atoms in total. The quantitative estimate of drug-likeness (QED) is 0.861. The standard InChI is InChI=1S/C16H20N2O2S2/c1-12-16(21-11-17-12)14-5-3-13(4-6-14)9-18(2)15-7-8-22(19,20)10-15/h3-6,11,15H,7-10H2,1-2H3. The molecule has 1 unspecified atom stereocenters. The fourth-order valence-electron chi connectivity index (χ4n) is 2.88. The minimum absolute atomic E-state index is 0.147. The Morgan fingerprint density at radius 1 is 1.32 bits per heavy atom. The van der Waals surface area contributed by atoms with Crippen molar-refractivity contribution in [2.45, 2.75) is 25.9 Å². The van der Waals surface area contributed by atoms with E-state index in [0.29, 0.717) is 11.5 Å². The van der Waals surface area contributed by atoms with E-state index in [1.54, 1.807) is 11.3 Å². The lowest BCUT2D eigenvalue weighted by Crippen LogP contribution is -2.32. The number of aromatic nitrogens is 1. The van der Waals surface area contributed by atoms with Crippen LogP contribution in [0.15, 0.2) is 29.8 Å². The lowest BCUT2D eigenvalue weighted by Gasteiger charge is -2.23. The average molecular weight is 336 g/mol. The van der Waals surface area contributed by atoms with E-state index in [9.17, 15) is 8.42 Å². The molecular weight excluding hydrogens is 316 g/mol. The van der Waals surface area contributed by atoms with E-state index < -0.39 is 9.84 Å². The van der Waals surface area contributed by atoms with E-state index in [0.717, 1.165) is 18.7 Å². The lowest BCUT2D eigenvalue weighted by atomic mass is 10.1. The van der Waals surface area contributed by atoms with Gasteiger partial charge in [0.2, 0.25) is 0 Å². The van der Waals surface area contributed by atoms with Gasteiger partial charge >= 0.3 is 0 Å². The van der Waals surface area contributed by atoms with Gasteiger partial charge in [0.1, 0.15) is 0 Å². The number of thiazole rings is 1. The SMILES string of the molecule is Cc1ncsc1-c1ccc(CN(C)C2CCS(=O)(=O)C2)cc1. The Labute approximate surface area is 135 Å². The second-order valence-electron chi connectivity index (χ2n) is 5.94. The van der Waals surface area contributed by atoms with Crippen molar-refractivity contribution in [3.63, 3.8) is 0 Å². The third kappa shape index (κ3) is 3.39. The fourth-order valence-corrected chi connectivity index (χ4v) is 5.50. The van der Waals surface area contributed by atoms with Crippen LogP contribution < -0.4 is 0 Å². The number of sulfone groups is 1. The number of rotatable bonds is 4. The van der Waals surface area contributed by atoms with Crippen molar-refractivity contribution in [2.75, 3.05) is 18.6 Å². The first-order valence-electron chi connectivity index (χ1n) is 7.35. The molecule has 6 heteroatoms. The van der Waals surface area contributed by atoms with Gasteiger partial charge in [0.05, 0.1) is 27.6 Å². The molecule has 0 amide bonds. The molecule has 1 aliphatic rings. The Bertz CT molecular complexity index is 751. The monoisotopic (exact) mass is 336 g/mol. The molecule has 118 valence electrons. The molecule has 1 aromatic carbocycles. The second-order valence-corrected chi connectivity index (χ2v) is 9.02. The van der Waals surface area contributed by atoms with E-state index in [1.165, 1.54) is 16.0 Å². The van der Waals surface area contributed by atoms with Gasteiger partial charge in [-0.1, -0.05) is 24.3 Å². The highest BCUT2D eigenvalue weighted by molar-refractivity contribution is 7.91. The van der Waals surface area contributed by atoms with Gasteiger partial charge in [-0.15, -0.1) is 11.3 Å². The maximum atomic E-state index is 11.6. The summed E-state index contributed by atoms with van der Waals surface area (Å²) in [5.74, 6) is 0.618. The molecule has 22 heavy (non-hydrogen) atoms. The lowest BCUT2D eigenvalue weighted by molar-refractivity contribution is 0.254. The summed E-state index contributed by atoms with van der Waals surface area (Å²) in [6.07, 6.45) is 0.747. The summed E-state index contributed by atoms with van der Waals surface area (Å²) in [5.41, 5.74) is 5.32. The largest absolute Gasteiger partial charge is 0.298 e. The summed E-state index contributed by atoms with van der Waals surface area (Å²) in [6.45, 7) is 2.80. The Hall–Kier alpha value is -1.24. The van der Waals surface area contributed by atoms with Gasteiger partial charge in [0.15, 0.2) is 9.84 Å². The molecule has 2 aromatic rings. The second kappa shape index (κ2) is 6.10. The highest BCUT2D eigenvalue weighted by Crippen LogP contribution is 2.27. The summed E-state index contributed by atoms with van der Waals surface area (Å²) in [4.78, 5) is 7.64. The van der Waals surface area contributed by atoms with Crippen LogP contribution in [0.3, 0.4) is 0 Å². The van der Waals surface area contributed by atoms with Gasteiger partial charge in [0.25, 0.3) is 0 Å². The number of benzene rings is 1. The number of aryl methyl sites for hydroxylation is 1. The van der Waals surface area contributed by atoms with Crippen LogP contribution in [0.25, 0.3) is 10.4 Å². The molecule has 0 saturated carbocycles. The van der Waals surface area contributed by atoms with Crippen molar-refractivity contribution in [3.05, 3.63) is 41.0 Å². The molecule has 0 aliphatic carbocycles. The zero-order chi connectivity index (χ0) is 15.7. The van der Waals surface area contributed by atoms with Gasteiger partial charge in [-0.05, 0) is 31.5 Å². The van der Waals surface area contributed by atoms with Crippen LogP contribution in [-0.2, 0) is 16.4 Å². The zero-order valence-corrected chi connectivity index (χ0v) is 14.5. The average Bonchev–Trinajstić information content (AvgIpc) is 3.05. The van der Waals surface area contributed by atoms with E-state index in [2.05, 4.69) is 34.1 Å². The van der Waals surface area contributed by atoms with Crippen LogP contribution in [-0.4, -0.2) is 42.9 Å². The summed E-state index contributed by atoms with van der Waals surface area (Å²) in [7, 11) is -0.814. The molecular formula is C16H20N2O2S2. The predicted molar refractivity (Wildman–Crippen MR) is 90.8 cm³/mol. The number of nitrogens with zero attached hydrogens (tertiary/aromatic N) is 2. The maximum Gasteiger partial charge on any atom is 0.151 e. The van der Waals surface area contributed by atoms with Crippen LogP contribution in [0.2, 0.25) is 0 Å². The van der Waals surface area contributed by atoms with Gasteiger partial charge in [-0.2, -0.15) is 0 Å². The molecule has 1 aliphatic heterocycles. The first kappa shape index (κ1) is 15.6. The van der Waals surface area contributed by atoms with E-state index >= 15 is 0 Å². The van der Waals surface area contributed by atoms with Crippen LogP contribution in [0, 0.1) is 6.92 Å². The fraction of sp³-hybridized carbons (Fsp3) is 0.438. The van der Waals surface area contributed by atoms with Crippen molar-refractivity contribution < 1.29 is 8.42 Å². The third-order valence-corrected chi connectivity index (χ3v) is 6.95. The van der Waals surface area contributed by atoms with Crippen LogP contribution in [0.4, 0.5) is 0 Å². The summed E-state index contributed by atoms with van der Waals surface area (Å²) < 4.78 is 23.1. The molecule has 1 fully saturated rings. The Morgan fingerprint density at radius 3 is 2.59 bits per heavy atom. The topological polar surface area (TPSA) is 50.3 Å². The van der Waals surface area contributed by atoms with Crippen LogP contribution in [0.1, 0.15) is 17.7 Å². The Kier molecular flexibility index (Phi) is 4.34. The van der Waals surface area contributed by atoms with Crippen LogP contribution in [0.5, 0.6) is 0 Å². The van der Waals surface area contributed by atoms with E-state index in [4.69, 9.17) is 0 Å². The highest BCUT2D eigenvalue weighted by atomic mass is 32.2. The third-order valence-electron chi connectivity index (χ3n) is 4.23. The molecule has 2 heterocycles. The van der Waals surface area contributed by atoms with Crippen molar-refractivity contribution in [1.29, 1.82) is 0 Å². The molecule has 1 aromatic heterocycles. The van der Waals surface area contributed by atoms with Gasteiger partial charge in [-0.3, -0.25) is 4.90 Å². The molecule has 3 rings (SSSR count). The number of hydrogen-bond donors (Lipinski definition) is 0. The first-order valence-corrected chi connectivity index (χ1v) is 10.0. The van der Waals surface area contributed by atoms with Crippen molar-refractivity contribution in [3.8, 4) is 10.4 Å². The van der Waals surface area contributed by atoms with Crippen molar-refractivity contribution in [2.24, 2.45) is 0 Å². The summed E-state index contributed by atoms with van der Waals surface area (Å²) >= 11 is 1.65. The van der Waals surface area contributed by atoms with E-state index in [-0.39, 0.29) is 6.04 Å². The maximum absolute atomic E-state index is 11.6. The first-order chi connectivity index (χ1) is 10.4. The molecule has 0 radical (unpaired) electrons. The Morgan fingerprint density at radius 2 is 2.05 bits per heavy atom. The van der Waals surface area contributed by atoms with Crippen molar-refractivity contribution in [1.82, 2.24) is 9.88 Å². The smallest absolute Gasteiger partial charge is 0.151 e. The minimum atomic E-state index is -2.82. The molecule has 1 saturated heterocycles. The zero-order valence-electron chi connectivity index (χ0n) is 12.8. The van der Waals surface area contributed by atoms with Gasteiger partial charge < -0.3 is 0 Å². The molecule has 1 atom stereocenters.